The van der Waals surface area contributed by atoms with Gasteiger partial charge in [-0.05, 0) is 18.2 Å². The fourth-order valence-corrected chi connectivity index (χ4v) is 3.02. The van der Waals surface area contributed by atoms with Crippen molar-refractivity contribution in [2.75, 3.05) is 5.32 Å². The molecular weight excluding hydrogens is 418 g/mol. The molecule has 0 saturated heterocycles. The number of carbonyl (C=O) groups excluding carboxylic acids is 1. The van der Waals surface area contributed by atoms with E-state index in [1.165, 1.54) is 7.05 Å². The van der Waals surface area contributed by atoms with Crippen LogP contribution in [-0.2, 0) is 13.2 Å². The van der Waals surface area contributed by atoms with Gasteiger partial charge < -0.3 is 4.74 Å². The van der Waals surface area contributed by atoms with E-state index in [0.717, 1.165) is 10.9 Å². The molecule has 0 fully saturated rings. The van der Waals surface area contributed by atoms with Crippen molar-refractivity contribution in [3.63, 3.8) is 0 Å². The number of halogens is 5. The fraction of sp³-hybridized carbons (Fsp3) is 0.111. The molecule has 0 radical (unpaired) electrons. The minimum atomic E-state index is -4.76. The van der Waals surface area contributed by atoms with E-state index in [1.54, 1.807) is 42.5 Å². The SMILES string of the molecule is Cn1cc(OC(=O)Nc2ccccc2-c2ccc(Cl)cc2Cl)c(C(F)(F)F)n1. The first-order valence-electron chi connectivity index (χ1n) is 7.79. The van der Waals surface area contributed by atoms with Crippen molar-refractivity contribution in [1.29, 1.82) is 0 Å². The molecule has 28 heavy (non-hydrogen) atoms. The molecule has 1 heterocycles. The smallest absolute Gasteiger partial charge is 0.406 e. The van der Waals surface area contributed by atoms with Gasteiger partial charge in [-0.2, -0.15) is 18.3 Å². The van der Waals surface area contributed by atoms with Crippen molar-refractivity contribution in [2.24, 2.45) is 7.05 Å². The summed E-state index contributed by atoms with van der Waals surface area (Å²) in [6, 6.07) is 11.5. The van der Waals surface area contributed by atoms with Crippen LogP contribution in [0.15, 0.2) is 48.7 Å². The summed E-state index contributed by atoms with van der Waals surface area (Å²) in [5.41, 5.74) is 0.135. The van der Waals surface area contributed by atoms with Gasteiger partial charge in [-0.3, -0.25) is 10.00 Å². The number of aryl methyl sites for hydroxylation is 1. The Morgan fingerprint density at radius 3 is 2.54 bits per heavy atom. The predicted molar refractivity (Wildman–Crippen MR) is 99.8 cm³/mol. The van der Waals surface area contributed by atoms with Crippen molar-refractivity contribution >= 4 is 35.0 Å². The third-order valence-corrected chi connectivity index (χ3v) is 4.20. The zero-order chi connectivity index (χ0) is 20.5. The molecule has 3 aromatic rings. The quantitative estimate of drug-likeness (QED) is 0.553. The third-order valence-electron chi connectivity index (χ3n) is 3.65. The van der Waals surface area contributed by atoms with Crippen LogP contribution >= 0.6 is 23.2 Å². The van der Waals surface area contributed by atoms with Gasteiger partial charge in [-0.1, -0.05) is 47.5 Å². The molecule has 10 heteroatoms. The van der Waals surface area contributed by atoms with Gasteiger partial charge in [0.2, 0.25) is 5.69 Å². The average Bonchev–Trinajstić information content (AvgIpc) is 2.96. The number of aromatic nitrogens is 2. The van der Waals surface area contributed by atoms with Crippen LogP contribution in [0, 0.1) is 0 Å². The van der Waals surface area contributed by atoms with Crippen molar-refractivity contribution in [2.45, 2.75) is 6.18 Å². The number of alkyl halides is 3. The molecule has 0 aliphatic carbocycles. The predicted octanol–water partition coefficient (Wildman–Crippen LogP) is 6.02. The first-order valence-corrected chi connectivity index (χ1v) is 8.55. The highest BCUT2D eigenvalue weighted by atomic mass is 35.5. The summed E-state index contributed by atoms with van der Waals surface area (Å²) in [7, 11) is 1.29. The molecule has 5 nitrogen and oxygen atoms in total. The molecular formula is C18H12Cl2F3N3O2. The van der Waals surface area contributed by atoms with Gasteiger partial charge in [0.05, 0.1) is 11.9 Å². The fourth-order valence-electron chi connectivity index (χ4n) is 2.51. The number of ether oxygens (including phenoxy) is 1. The first-order chi connectivity index (χ1) is 13.1. The largest absolute Gasteiger partial charge is 0.438 e. The van der Waals surface area contributed by atoms with Gasteiger partial charge in [0.1, 0.15) is 0 Å². The lowest BCUT2D eigenvalue weighted by molar-refractivity contribution is -0.142. The zero-order valence-corrected chi connectivity index (χ0v) is 15.7. The summed E-state index contributed by atoms with van der Waals surface area (Å²) >= 11 is 12.1. The molecule has 146 valence electrons. The number of nitrogens with zero attached hydrogens (tertiary/aromatic N) is 2. The van der Waals surface area contributed by atoms with Gasteiger partial charge in [0.25, 0.3) is 0 Å². The van der Waals surface area contributed by atoms with E-state index in [9.17, 15) is 18.0 Å². The highest BCUT2D eigenvalue weighted by molar-refractivity contribution is 6.36. The molecule has 0 saturated carbocycles. The van der Waals surface area contributed by atoms with Crippen molar-refractivity contribution in [3.8, 4) is 16.9 Å². The van der Waals surface area contributed by atoms with E-state index in [-0.39, 0.29) is 0 Å². The Kier molecular flexibility index (Phi) is 5.53. The molecule has 1 N–H and O–H groups in total. The Hall–Kier alpha value is -2.71. The first kappa shape index (κ1) is 20.0. The van der Waals surface area contributed by atoms with Crippen LogP contribution in [0.1, 0.15) is 5.69 Å². The third kappa shape index (κ3) is 4.40. The Morgan fingerprint density at radius 1 is 1.14 bits per heavy atom. The van der Waals surface area contributed by atoms with Crippen molar-refractivity contribution in [3.05, 3.63) is 64.4 Å². The maximum Gasteiger partial charge on any atom is 0.438 e. The number of anilines is 1. The van der Waals surface area contributed by atoms with Crippen molar-refractivity contribution in [1.82, 2.24) is 9.78 Å². The van der Waals surface area contributed by atoms with Gasteiger partial charge >= 0.3 is 12.3 Å². The summed E-state index contributed by atoms with van der Waals surface area (Å²) in [4.78, 5) is 12.2. The molecule has 2 aromatic carbocycles. The highest BCUT2D eigenvalue weighted by Gasteiger charge is 2.38. The maximum atomic E-state index is 13.0. The normalized spacial score (nSPS) is 11.4. The Labute approximate surface area is 167 Å². The van der Waals surface area contributed by atoms with Crippen LogP contribution < -0.4 is 10.1 Å². The lowest BCUT2D eigenvalue weighted by Gasteiger charge is -2.13. The number of hydrogen-bond acceptors (Lipinski definition) is 3. The molecule has 0 aliphatic heterocycles. The number of amides is 1. The molecule has 0 aliphatic rings. The van der Waals surface area contributed by atoms with Crippen LogP contribution in [-0.4, -0.2) is 15.9 Å². The summed E-state index contributed by atoms with van der Waals surface area (Å²) in [5, 5.41) is 6.50. The van der Waals surface area contributed by atoms with Gasteiger partial charge in [0.15, 0.2) is 5.75 Å². The van der Waals surface area contributed by atoms with E-state index in [4.69, 9.17) is 27.9 Å². The molecule has 3 rings (SSSR count). The molecule has 0 spiro atoms. The van der Waals surface area contributed by atoms with Crippen LogP contribution in [0.2, 0.25) is 10.0 Å². The highest BCUT2D eigenvalue weighted by Crippen LogP contribution is 2.36. The second-order valence-electron chi connectivity index (χ2n) is 5.70. The summed E-state index contributed by atoms with van der Waals surface area (Å²) in [5.74, 6) is -0.700. The van der Waals surface area contributed by atoms with E-state index >= 15 is 0 Å². The van der Waals surface area contributed by atoms with Crippen molar-refractivity contribution < 1.29 is 22.7 Å². The lowest BCUT2D eigenvalue weighted by Crippen LogP contribution is -2.19. The summed E-state index contributed by atoms with van der Waals surface area (Å²) in [6.07, 6.45) is -4.90. The van der Waals surface area contributed by atoms with Crippen LogP contribution in [0.4, 0.5) is 23.7 Å². The number of para-hydroxylation sites is 1. The average molecular weight is 430 g/mol. The van der Waals surface area contributed by atoms with Gasteiger partial charge in [0, 0.05) is 28.2 Å². The number of benzene rings is 2. The van der Waals surface area contributed by atoms with E-state index in [0.29, 0.717) is 26.9 Å². The molecule has 0 atom stereocenters. The maximum absolute atomic E-state index is 13.0. The summed E-state index contributed by atoms with van der Waals surface area (Å²) < 4.78 is 44.7. The van der Waals surface area contributed by atoms with E-state index < -0.39 is 23.7 Å². The van der Waals surface area contributed by atoms with E-state index in [2.05, 4.69) is 10.4 Å². The molecule has 1 aromatic heterocycles. The topological polar surface area (TPSA) is 56.1 Å². The number of nitrogens with one attached hydrogen (secondary N) is 1. The standard InChI is InChI=1S/C18H12Cl2F3N3O2/c1-26-9-15(16(25-26)18(21,22)23)28-17(27)24-14-5-3-2-4-12(14)11-7-6-10(19)8-13(11)20/h2-9H,1H3,(H,24,27). The van der Waals surface area contributed by atoms with Crippen LogP contribution in [0.25, 0.3) is 11.1 Å². The van der Waals surface area contributed by atoms with Crippen LogP contribution in [0.5, 0.6) is 5.75 Å². The van der Waals surface area contributed by atoms with Gasteiger partial charge in [-0.15, -0.1) is 0 Å². The molecule has 1 amide bonds. The molecule has 0 bridgehead atoms. The second-order valence-corrected chi connectivity index (χ2v) is 6.54. The Bertz CT molecular complexity index is 1040. The molecule has 0 unspecified atom stereocenters. The summed E-state index contributed by atoms with van der Waals surface area (Å²) in [6.45, 7) is 0. The van der Waals surface area contributed by atoms with Gasteiger partial charge in [-0.25, -0.2) is 4.79 Å². The Morgan fingerprint density at radius 2 is 1.86 bits per heavy atom. The number of rotatable bonds is 3. The minimum absolute atomic E-state index is 0.300. The second kappa shape index (κ2) is 7.73. The number of hydrogen-bond donors (Lipinski definition) is 1. The van der Waals surface area contributed by atoms with Crippen LogP contribution in [0.3, 0.4) is 0 Å². The Balaban J connectivity index is 1.87. The zero-order valence-electron chi connectivity index (χ0n) is 14.2. The minimum Gasteiger partial charge on any atom is -0.406 e. The van der Waals surface area contributed by atoms with E-state index in [1.807, 2.05) is 0 Å². The monoisotopic (exact) mass is 429 g/mol. The lowest BCUT2D eigenvalue weighted by atomic mass is 10.0. The number of carbonyl (C=O) groups is 1.